The minimum atomic E-state index is -0.323. The van der Waals surface area contributed by atoms with Gasteiger partial charge in [0.1, 0.15) is 0 Å². The van der Waals surface area contributed by atoms with Crippen LogP contribution in [-0.2, 0) is 6.54 Å². The zero-order valence-electron chi connectivity index (χ0n) is 19.7. The van der Waals surface area contributed by atoms with Crippen molar-refractivity contribution in [2.45, 2.75) is 6.54 Å². The second kappa shape index (κ2) is 11.0. The van der Waals surface area contributed by atoms with E-state index < -0.39 is 0 Å². The minimum absolute atomic E-state index is 0.276. The summed E-state index contributed by atoms with van der Waals surface area (Å²) in [5.41, 5.74) is 3.89. The molecule has 8 heteroatoms. The van der Waals surface area contributed by atoms with E-state index in [2.05, 4.69) is 30.6 Å². The van der Waals surface area contributed by atoms with Gasteiger partial charge in [-0.3, -0.25) is 9.59 Å². The van der Waals surface area contributed by atoms with Crippen molar-refractivity contribution in [1.82, 2.24) is 25.3 Å². The number of hydrogen-bond acceptors (Lipinski definition) is 6. The van der Waals surface area contributed by atoms with Gasteiger partial charge in [-0.15, -0.1) is 0 Å². The van der Waals surface area contributed by atoms with E-state index >= 15 is 0 Å². The van der Waals surface area contributed by atoms with Crippen LogP contribution in [0, 0.1) is 0 Å². The van der Waals surface area contributed by atoms with Crippen LogP contribution in [0.4, 0.5) is 5.69 Å². The fourth-order valence-electron chi connectivity index (χ4n) is 3.61. The zero-order chi connectivity index (χ0) is 25.5. The third-order valence-corrected chi connectivity index (χ3v) is 5.53. The fraction of sp³-hybridized carbons (Fsp3) is 0.0345. The second-order valence-electron chi connectivity index (χ2n) is 8.16. The molecule has 0 saturated heterocycles. The molecule has 2 amide bonds. The number of anilines is 1. The molecular weight excluding hydrogens is 464 g/mol. The molecule has 0 aliphatic rings. The molecule has 0 fully saturated rings. The van der Waals surface area contributed by atoms with E-state index in [4.69, 9.17) is 0 Å². The molecule has 3 aromatic carbocycles. The molecule has 2 aromatic heterocycles. The summed E-state index contributed by atoms with van der Waals surface area (Å²) in [6.07, 6.45) is 6.01. The van der Waals surface area contributed by atoms with E-state index in [1.807, 2.05) is 72.8 Å². The SMILES string of the molecule is O=C(NCc1cccc(NC(=O)c2cnc(-c3ccccc3)nc2)c1)c1cnc(-c2ccccc2)nc1. The van der Waals surface area contributed by atoms with Gasteiger partial charge in [-0.25, -0.2) is 19.9 Å². The maximum absolute atomic E-state index is 12.7. The molecule has 0 bridgehead atoms. The standard InChI is InChI=1S/C29H22N6O2/c36-28(23-16-30-26(31-17-23)21-9-3-1-4-10-21)34-15-20-8-7-13-25(14-20)35-29(37)24-18-32-27(33-19-24)22-11-5-2-6-12-22/h1-14,16-19H,15H2,(H,34,36)(H,35,37). The summed E-state index contributed by atoms with van der Waals surface area (Å²) in [4.78, 5) is 42.4. The summed E-state index contributed by atoms with van der Waals surface area (Å²) in [6, 6.07) is 26.4. The molecule has 5 rings (SSSR count). The lowest BCUT2D eigenvalue weighted by atomic mass is 10.2. The topological polar surface area (TPSA) is 110 Å². The lowest BCUT2D eigenvalue weighted by molar-refractivity contribution is 0.0949. The molecule has 8 nitrogen and oxygen atoms in total. The van der Waals surface area contributed by atoms with Crippen LogP contribution >= 0.6 is 0 Å². The summed E-state index contributed by atoms with van der Waals surface area (Å²) < 4.78 is 0. The number of rotatable bonds is 7. The van der Waals surface area contributed by atoms with Crippen molar-refractivity contribution >= 4 is 17.5 Å². The number of nitrogens with one attached hydrogen (secondary N) is 2. The molecule has 0 spiro atoms. The van der Waals surface area contributed by atoms with Gasteiger partial charge in [0.15, 0.2) is 11.6 Å². The first kappa shape index (κ1) is 23.5. The molecule has 0 saturated carbocycles. The van der Waals surface area contributed by atoms with Crippen LogP contribution in [-0.4, -0.2) is 31.8 Å². The van der Waals surface area contributed by atoms with Gasteiger partial charge >= 0.3 is 0 Å². The predicted molar refractivity (Wildman–Crippen MR) is 141 cm³/mol. The summed E-state index contributed by atoms with van der Waals surface area (Å²) in [6.45, 7) is 0.276. The van der Waals surface area contributed by atoms with Crippen molar-refractivity contribution in [3.8, 4) is 22.8 Å². The highest BCUT2D eigenvalue weighted by Gasteiger charge is 2.11. The summed E-state index contributed by atoms with van der Waals surface area (Å²) in [5.74, 6) is 0.497. The number of amides is 2. The normalized spacial score (nSPS) is 10.5. The van der Waals surface area contributed by atoms with Crippen LogP contribution in [0.15, 0.2) is 110 Å². The van der Waals surface area contributed by atoms with Crippen molar-refractivity contribution in [3.05, 3.63) is 126 Å². The van der Waals surface area contributed by atoms with E-state index in [0.717, 1.165) is 16.7 Å². The highest BCUT2D eigenvalue weighted by atomic mass is 16.2. The second-order valence-corrected chi connectivity index (χ2v) is 8.16. The quantitative estimate of drug-likeness (QED) is 0.343. The molecule has 5 aromatic rings. The maximum Gasteiger partial charge on any atom is 0.258 e. The Labute approximate surface area is 213 Å². The van der Waals surface area contributed by atoms with Gasteiger partial charge in [-0.2, -0.15) is 0 Å². The van der Waals surface area contributed by atoms with Gasteiger partial charge in [-0.05, 0) is 17.7 Å². The summed E-state index contributed by atoms with van der Waals surface area (Å²) >= 11 is 0. The molecule has 0 unspecified atom stereocenters. The Morgan fingerprint density at radius 1 is 0.595 bits per heavy atom. The number of benzene rings is 3. The van der Waals surface area contributed by atoms with E-state index in [1.165, 1.54) is 24.8 Å². The first-order valence-corrected chi connectivity index (χ1v) is 11.6. The monoisotopic (exact) mass is 486 g/mol. The summed E-state index contributed by atoms with van der Waals surface area (Å²) in [7, 11) is 0. The Hall–Kier alpha value is -5.24. The number of aromatic nitrogens is 4. The Morgan fingerprint density at radius 2 is 1.11 bits per heavy atom. The van der Waals surface area contributed by atoms with Crippen molar-refractivity contribution in [2.24, 2.45) is 0 Å². The average molecular weight is 487 g/mol. The summed E-state index contributed by atoms with van der Waals surface area (Å²) in [5, 5.41) is 5.70. The lowest BCUT2D eigenvalue weighted by Crippen LogP contribution is -2.23. The van der Waals surface area contributed by atoms with Crippen LogP contribution in [0.5, 0.6) is 0 Å². The fourth-order valence-corrected chi connectivity index (χ4v) is 3.61. The third kappa shape index (κ3) is 5.88. The lowest BCUT2D eigenvalue weighted by Gasteiger charge is -2.09. The highest BCUT2D eigenvalue weighted by molar-refractivity contribution is 6.04. The largest absolute Gasteiger partial charge is 0.348 e. The van der Waals surface area contributed by atoms with E-state index in [9.17, 15) is 9.59 Å². The average Bonchev–Trinajstić information content (AvgIpc) is 2.97. The van der Waals surface area contributed by atoms with Crippen molar-refractivity contribution in [3.63, 3.8) is 0 Å². The molecular formula is C29H22N6O2. The zero-order valence-corrected chi connectivity index (χ0v) is 19.7. The molecule has 0 radical (unpaired) electrons. The Kier molecular flexibility index (Phi) is 6.99. The Morgan fingerprint density at radius 3 is 1.65 bits per heavy atom. The van der Waals surface area contributed by atoms with Gasteiger partial charge in [0, 0.05) is 48.1 Å². The van der Waals surface area contributed by atoms with Gasteiger partial charge in [-0.1, -0.05) is 72.8 Å². The molecule has 2 heterocycles. The third-order valence-electron chi connectivity index (χ3n) is 5.53. The first-order chi connectivity index (χ1) is 18.2. The number of carbonyl (C=O) groups excluding carboxylic acids is 2. The molecule has 0 aliphatic carbocycles. The molecule has 0 aliphatic heterocycles. The van der Waals surface area contributed by atoms with Crippen LogP contribution in [0.25, 0.3) is 22.8 Å². The first-order valence-electron chi connectivity index (χ1n) is 11.6. The molecule has 2 N–H and O–H groups in total. The molecule has 180 valence electrons. The van der Waals surface area contributed by atoms with Crippen molar-refractivity contribution in [2.75, 3.05) is 5.32 Å². The van der Waals surface area contributed by atoms with Crippen molar-refractivity contribution in [1.29, 1.82) is 0 Å². The number of carbonyl (C=O) groups is 2. The Bertz CT molecular complexity index is 1510. The molecule has 0 atom stereocenters. The van der Waals surface area contributed by atoms with Crippen molar-refractivity contribution < 1.29 is 9.59 Å². The van der Waals surface area contributed by atoms with E-state index in [-0.39, 0.29) is 18.4 Å². The van der Waals surface area contributed by atoms with Crippen LogP contribution in [0.2, 0.25) is 0 Å². The van der Waals surface area contributed by atoms with Crippen LogP contribution < -0.4 is 10.6 Å². The Balaban J connectivity index is 1.18. The van der Waals surface area contributed by atoms with E-state index in [0.29, 0.717) is 28.5 Å². The number of hydrogen-bond donors (Lipinski definition) is 2. The predicted octanol–water partition coefficient (Wildman–Crippen LogP) is 4.78. The van der Waals surface area contributed by atoms with E-state index in [1.54, 1.807) is 12.1 Å². The maximum atomic E-state index is 12.7. The minimum Gasteiger partial charge on any atom is -0.348 e. The van der Waals surface area contributed by atoms with Crippen LogP contribution in [0.1, 0.15) is 26.3 Å². The van der Waals surface area contributed by atoms with Gasteiger partial charge < -0.3 is 10.6 Å². The highest BCUT2D eigenvalue weighted by Crippen LogP contribution is 2.16. The van der Waals surface area contributed by atoms with Gasteiger partial charge in [0.05, 0.1) is 11.1 Å². The van der Waals surface area contributed by atoms with Crippen LogP contribution in [0.3, 0.4) is 0 Å². The van der Waals surface area contributed by atoms with Gasteiger partial charge in [0.2, 0.25) is 0 Å². The number of nitrogens with zero attached hydrogens (tertiary/aromatic N) is 4. The van der Waals surface area contributed by atoms with Gasteiger partial charge in [0.25, 0.3) is 11.8 Å². The smallest absolute Gasteiger partial charge is 0.258 e. The molecule has 37 heavy (non-hydrogen) atoms.